The largest absolute Gasteiger partial charge is 0.423 e. The molecule has 0 bridgehead atoms. The molecule has 0 unspecified atom stereocenters. The average Bonchev–Trinajstić information content (AvgIpc) is 3.39. The van der Waals surface area contributed by atoms with E-state index in [4.69, 9.17) is 4.42 Å². The molecular weight excluding hydrogens is 464 g/mol. The van der Waals surface area contributed by atoms with E-state index < -0.39 is 0 Å². The van der Waals surface area contributed by atoms with Gasteiger partial charge in [0.05, 0.1) is 5.52 Å². The van der Waals surface area contributed by atoms with Crippen LogP contribution in [0.1, 0.15) is 33.7 Å². The lowest BCUT2D eigenvalue weighted by Crippen LogP contribution is -2.50. The first-order valence-corrected chi connectivity index (χ1v) is 12.4. The quantitative estimate of drug-likeness (QED) is 0.357. The highest BCUT2D eigenvalue weighted by atomic mass is 16.4. The standard InChI is InChI=1S/C29H26N6O2/c1-20-32-33-28(37-20)26(21-8-3-2-4-9-21)34-14-16-35(17-15-34)29(36)23-12-7-11-22(18-23)27-30-19-24-10-5-6-13-25(24)31-27/h2-13,18-19,26H,14-17H2,1H3/t26-/m1/s1. The molecule has 1 fully saturated rings. The Morgan fingerprint density at radius 1 is 0.892 bits per heavy atom. The van der Waals surface area contributed by atoms with E-state index in [2.05, 4.69) is 37.2 Å². The number of hydrogen-bond acceptors (Lipinski definition) is 7. The summed E-state index contributed by atoms with van der Waals surface area (Å²) < 4.78 is 5.82. The number of aryl methyl sites for hydroxylation is 1. The molecule has 8 nitrogen and oxygen atoms in total. The number of benzene rings is 3. The maximum atomic E-state index is 13.4. The van der Waals surface area contributed by atoms with Crippen LogP contribution in [0.2, 0.25) is 0 Å². The number of piperazine rings is 1. The summed E-state index contributed by atoms with van der Waals surface area (Å²) in [5, 5.41) is 9.34. The minimum absolute atomic E-state index is 0.00665. The van der Waals surface area contributed by atoms with Gasteiger partial charge in [0.15, 0.2) is 5.82 Å². The molecule has 0 radical (unpaired) electrons. The van der Waals surface area contributed by atoms with Crippen molar-refractivity contribution in [3.05, 3.63) is 108 Å². The van der Waals surface area contributed by atoms with Gasteiger partial charge in [-0.2, -0.15) is 0 Å². The molecule has 184 valence electrons. The van der Waals surface area contributed by atoms with E-state index >= 15 is 0 Å². The molecule has 0 aliphatic carbocycles. The Morgan fingerprint density at radius 2 is 1.68 bits per heavy atom. The third-order valence-electron chi connectivity index (χ3n) is 6.71. The van der Waals surface area contributed by atoms with Gasteiger partial charge in [0.1, 0.15) is 6.04 Å². The monoisotopic (exact) mass is 490 g/mol. The molecule has 6 rings (SSSR count). The number of rotatable bonds is 5. The molecule has 2 aromatic heterocycles. The fourth-order valence-corrected chi connectivity index (χ4v) is 4.84. The minimum Gasteiger partial charge on any atom is -0.423 e. The van der Waals surface area contributed by atoms with Crippen LogP contribution in [0.4, 0.5) is 0 Å². The molecule has 0 spiro atoms. The first-order chi connectivity index (χ1) is 18.2. The topological polar surface area (TPSA) is 88.3 Å². The van der Waals surface area contributed by atoms with E-state index in [1.807, 2.05) is 77.8 Å². The van der Waals surface area contributed by atoms with E-state index in [9.17, 15) is 4.79 Å². The smallest absolute Gasteiger partial charge is 0.253 e. The second kappa shape index (κ2) is 9.91. The third-order valence-corrected chi connectivity index (χ3v) is 6.71. The van der Waals surface area contributed by atoms with Gasteiger partial charge in [-0.1, -0.05) is 60.7 Å². The Labute approximate surface area is 214 Å². The first-order valence-electron chi connectivity index (χ1n) is 12.4. The maximum absolute atomic E-state index is 13.4. The highest BCUT2D eigenvalue weighted by Crippen LogP contribution is 2.29. The molecular formula is C29H26N6O2. The normalized spacial score (nSPS) is 15.1. The van der Waals surface area contributed by atoms with Crippen LogP contribution in [0.15, 0.2) is 89.5 Å². The molecule has 1 saturated heterocycles. The molecule has 37 heavy (non-hydrogen) atoms. The van der Waals surface area contributed by atoms with Crippen molar-refractivity contribution in [1.82, 2.24) is 30.0 Å². The Bertz CT molecular complexity index is 1540. The number of amides is 1. The van der Waals surface area contributed by atoms with Crippen LogP contribution in [0.5, 0.6) is 0 Å². The fraction of sp³-hybridized carbons (Fsp3) is 0.207. The highest BCUT2D eigenvalue weighted by molar-refractivity contribution is 5.95. The molecule has 3 heterocycles. The van der Waals surface area contributed by atoms with E-state index in [1.165, 1.54) is 0 Å². The van der Waals surface area contributed by atoms with Gasteiger partial charge in [-0.25, -0.2) is 9.97 Å². The molecule has 1 amide bonds. The zero-order chi connectivity index (χ0) is 25.2. The summed E-state index contributed by atoms with van der Waals surface area (Å²) in [6.45, 7) is 4.39. The van der Waals surface area contributed by atoms with Crippen molar-refractivity contribution < 1.29 is 9.21 Å². The van der Waals surface area contributed by atoms with E-state index in [-0.39, 0.29) is 11.9 Å². The summed E-state index contributed by atoms with van der Waals surface area (Å²) in [4.78, 5) is 26.8. The molecule has 0 N–H and O–H groups in total. The summed E-state index contributed by atoms with van der Waals surface area (Å²) in [5.74, 6) is 1.73. The predicted molar refractivity (Wildman–Crippen MR) is 140 cm³/mol. The summed E-state index contributed by atoms with van der Waals surface area (Å²) in [6, 6.07) is 25.5. The zero-order valence-corrected chi connectivity index (χ0v) is 20.5. The molecule has 1 atom stereocenters. The molecule has 0 saturated carbocycles. The van der Waals surface area contributed by atoms with Gasteiger partial charge in [0.25, 0.3) is 5.91 Å². The average molecular weight is 491 g/mol. The summed E-state index contributed by atoms with van der Waals surface area (Å²) in [5.41, 5.74) is 3.43. The summed E-state index contributed by atoms with van der Waals surface area (Å²) in [7, 11) is 0. The summed E-state index contributed by atoms with van der Waals surface area (Å²) in [6.07, 6.45) is 1.82. The van der Waals surface area contributed by atoms with Crippen molar-refractivity contribution in [1.29, 1.82) is 0 Å². The number of carbonyl (C=O) groups is 1. The number of carbonyl (C=O) groups excluding carboxylic acids is 1. The molecule has 8 heteroatoms. The Morgan fingerprint density at radius 3 is 2.46 bits per heavy atom. The summed E-state index contributed by atoms with van der Waals surface area (Å²) >= 11 is 0. The predicted octanol–water partition coefficient (Wildman–Crippen LogP) is 4.54. The van der Waals surface area contributed by atoms with E-state index in [1.54, 1.807) is 6.92 Å². The lowest BCUT2D eigenvalue weighted by Gasteiger charge is -2.38. The Kier molecular flexibility index (Phi) is 6.16. The van der Waals surface area contributed by atoms with Crippen LogP contribution in [0.25, 0.3) is 22.3 Å². The van der Waals surface area contributed by atoms with E-state index in [0.717, 1.165) is 22.0 Å². The molecule has 3 aromatic carbocycles. The van der Waals surface area contributed by atoms with Crippen LogP contribution in [-0.2, 0) is 0 Å². The van der Waals surface area contributed by atoms with Gasteiger partial charge in [-0.05, 0) is 23.8 Å². The maximum Gasteiger partial charge on any atom is 0.253 e. The van der Waals surface area contributed by atoms with Gasteiger partial charge in [0.2, 0.25) is 11.8 Å². The first kappa shape index (κ1) is 23.0. The van der Waals surface area contributed by atoms with Crippen molar-refractivity contribution in [3.8, 4) is 11.4 Å². The minimum atomic E-state index is -0.145. The van der Waals surface area contributed by atoms with Crippen molar-refractivity contribution in [3.63, 3.8) is 0 Å². The number of fused-ring (bicyclic) bond motifs is 1. The van der Waals surface area contributed by atoms with Gasteiger partial charge >= 0.3 is 0 Å². The van der Waals surface area contributed by atoms with Gasteiger partial charge in [-0.3, -0.25) is 9.69 Å². The van der Waals surface area contributed by atoms with Crippen molar-refractivity contribution in [2.75, 3.05) is 26.2 Å². The number of nitrogens with zero attached hydrogens (tertiary/aromatic N) is 6. The molecule has 1 aliphatic heterocycles. The second-order valence-electron chi connectivity index (χ2n) is 9.13. The van der Waals surface area contributed by atoms with Gasteiger partial charge < -0.3 is 9.32 Å². The van der Waals surface area contributed by atoms with Crippen LogP contribution in [-0.4, -0.2) is 62.1 Å². The lowest BCUT2D eigenvalue weighted by molar-refractivity contribution is 0.0578. The zero-order valence-electron chi connectivity index (χ0n) is 20.5. The SMILES string of the molecule is Cc1nnc([C@@H](c2ccccc2)N2CCN(C(=O)c3cccc(-c4ncc5ccccc5n4)c3)CC2)o1. The number of para-hydroxylation sites is 1. The molecule has 1 aliphatic rings. The van der Waals surface area contributed by atoms with E-state index in [0.29, 0.717) is 49.3 Å². The van der Waals surface area contributed by atoms with Crippen molar-refractivity contribution in [2.45, 2.75) is 13.0 Å². The second-order valence-corrected chi connectivity index (χ2v) is 9.13. The Hall–Kier alpha value is -4.43. The highest BCUT2D eigenvalue weighted by Gasteiger charge is 2.31. The van der Waals surface area contributed by atoms with Gasteiger partial charge in [0, 0.05) is 55.8 Å². The van der Waals surface area contributed by atoms with Crippen molar-refractivity contribution >= 4 is 16.8 Å². The fourth-order valence-electron chi connectivity index (χ4n) is 4.84. The third kappa shape index (κ3) is 4.71. The van der Waals surface area contributed by atoms with Crippen LogP contribution >= 0.6 is 0 Å². The van der Waals surface area contributed by atoms with Crippen LogP contribution in [0, 0.1) is 6.92 Å². The number of aromatic nitrogens is 4. The van der Waals surface area contributed by atoms with Gasteiger partial charge in [-0.15, -0.1) is 10.2 Å². The van der Waals surface area contributed by atoms with Crippen LogP contribution < -0.4 is 0 Å². The Balaban J connectivity index is 1.19. The molecule has 5 aromatic rings. The lowest BCUT2D eigenvalue weighted by atomic mass is 10.0. The number of hydrogen-bond donors (Lipinski definition) is 0. The van der Waals surface area contributed by atoms with Crippen molar-refractivity contribution in [2.24, 2.45) is 0 Å². The van der Waals surface area contributed by atoms with Crippen LogP contribution in [0.3, 0.4) is 0 Å².